The van der Waals surface area contributed by atoms with Crippen LogP contribution in [-0.2, 0) is 0 Å². The molecule has 3 N–H and O–H groups in total. The van der Waals surface area contributed by atoms with E-state index in [9.17, 15) is 0 Å². The lowest BCUT2D eigenvalue weighted by Crippen LogP contribution is -2.15. The average Bonchev–Trinajstić information content (AvgIpc) is 2.88. The molecule has 6 nitrogen and oxygen atoms in total. The molecule has 2 rings (SSSR count). The average molecular weight is 262 g/mol. The lowest BCUT2D eigenvalue weighted by Gasteiger charge is -2.14. The predicted octanol–water partition coefficient (Wildman–Crippen LogP) is 2.63. The fourth-order valence-corrected chi connectivity index (χ4v) is 2.02. The smallest absolute Gasteiger partial charge is 0.226 e. The van der Waals surface area contributed by atoms with E-state index in [1.54, 1.807) is 6.33 Å². The van der Waals surface area contributed by atoms with Gasteiger partial charge in [0.25, 0.3) is 0 Å². The molecule has 0 aliphatic rings. The molecule has 0 aromatic carbocycles. The third-order valence-corrected chi connectivity index (χ3v) is 3.33. The van der Waals surface area contributed by atoms with Crippen molar-refractivity contribution in [1.82, 2.24) is 19.9 Å². The zero-order valence-electron chi connectivity index (χ0n) is 11.8. The highest BCUT2D eigenvalue weighted by Crippen LogP contribution is 2.19. The lowest BCUT2D eigenvalue weighted by molar-refractivity contribution is 0.518. The predicted molar refractivity (Wildman–Crippen MR) is 78.4 cm³/mol. The minimum Gasteiger partial charge on any atom is -0.368 e. The monoisotopic (exact) mass is 262 g/mol. The molecule has 104 valence electrons. The van der Waals surface area contributed by atoms with Crippen molar-refractivity contribution in [3.05, 3.63) is 6.33 Å². The number of anilines is 2. The number of aromatic amines is 1. The lowest BCUT2D eigenvalue weighted by atomic mass is 10.0. The van der Waals surface area contributed by atoms with Crippen molar-refractivity contribution < 1.29 is 0 Å². The van der Waals surface area contributed by atoms with Gasteiger partial charge < -0.3 is 15.6 Å². The second-order valence-corrected chi connectivity index (χ2v) is 4.59. The molecule has 0 saturated carbocycles. The second-order valence-electron chi connectivity index (χ2n) is 4.59. The molecule has 0 radical (unpaired) electrons. The molecule has 0 unspecified atom stereocenters. The number of aromatic nitrogens is 4. The standard InChI is InChI=1S/C13H22N6/c1-4-9(5-2)7-15-11-10-12(17-8-16-10)19-13(18-11)14-6-3/h8-9H,4-7H2,1-3H3,(H3,14,15,16,17,18,19). The van der Waals surface area contributed by atoms with E-state index in [1.807, 2.05) is 6.92 Å². The van der Waals surface area contributed by atoms with Crippen LogP contribution in [0.5, 0.6) is 0 Å². The molecule has 0 spiro atoms. The maximum absolute atomic E-state index is 4.50. The number of fused-ring (bicyclic) bond motifs is 1. The van der Waals surface area contributed by atoms with Crippen LogP contribution in [0.3, 0.4) is 0 Å². The maximum atomic E-state index is 4.50. The fraction of sp³-hybridized carbons (Fsp3) is 0.615. The van der Waals surface area contributed by atoms with E-state index < -0.39 is 0 Å². The number of hydrogen-bond donors (Lipinski definition) is 3. The summed E-state index contributed by atoms with van der Waals surface area (Å²) in [6.45, 7) is 8.17. The molecular weight excluding hydrogens is 240 g/mol. The maximum Gasteiger partial charge on any atom is 0.226 e. The fourth-order valence-electron chi connectivity index (χ4n) is 2.02. The van der Waals surface area contributed by atoms with Crippen molar-refractivity contribution in [2.45, 2.75) is 33.6 Å². The van der Waals surface area contributed by atoms with Crippen molar-refractivity contribution in [2.24, 2.45) is 5.92 Å². The summed E-state index contributed by atoms with van der Waals surface area (Å²) in [6.07, 6.45) is 3.99. The van der Waals surface area contributed by atoms with Crippen LogP contribution < -0.4 is 10.6 Å². The summed E-state index contributed by atoms with van der Waals surface area (Å²) in [5.41, 5.74) is 1.56. The van der Waals surface area contributed by atoms with Gasteiger partial charge in [-0.1, -0.05) is 26.7 Å². The third-order valence-electron chi connectivity index (χ3n) is 3.33. The third kappa shape index (κ3) is 3.13. The topological polar surface area (TPSA) is 78.5 Å². The highest BCUT2D eigenvalue weighted by Gasteiger charge is 2.11. The van der Waals surface area contributed by atoms with Crippen LogP contribution in [0, 0.1) is 5.92 Å². The van der Waals surface area contributed by atoms with Crippen LogP contribution >= 0.6 is 0 Å². The number of nitrogens with zero attached hydrogens (tertiary/aromatic N) is 3. The summed E-state index contributed by atoms with van der Waals surface area (Å²) >= 11 is 0. The van der Waals surface area contributed by atoms with Crippen molar-refractivity contribution in [1.29, 1.82) is 0 Å². The van der Waals surface area contributed by atoms with Crippen molar-refractivity contribution >= 4 is 22.9 Å². The Labute approximate surface area is 113 Å². The summed E-state index contributed by atoms with van der Waals surface area (Å²) < 4.78 is 0. The van der Waals surface area contributed by atoms with Crippen LogP contribution in [0.25, 0.3) is 11.2 Å². The highest BCUT2D eigenvalue weighted by atomic mass is 15.2. The number of rotatable bonds is 7. The Balaban J connectivity index is 2.22. The zero-order valence-corrected chi connectivity index (χ0v) is 11.8. The zero-order chi connectivity index (χ0) is 13.7. The molecule has 2 aromatic heterocycles. The van der Waals surface area contributed by atoms with Crippen LogP contribution in [0.1, 0.15) is 33.6 Å². The molecule has 2 heterocycles. The van der Waals surface area contributed by atoms with Gasteiger partial charge in [-0.15, -0.1) is 0 Å². The summed E-state index contributed by atoms with van der Waals surface area (Å²) in [5.74, 6) is 2.11. The second kappa shape index (κ2) is 6.36. The Morgan fingerprint density at radius 1 is 1.16 bits per heavy atom. The molecule has 0 bridgehead atoms. The van der Waals surface area contributed by atoms with Gasteiger partial charge in [-0.25, -0.2) is 4.98 Å². The van der Waals surface area contributed by atoms with E-state index in [0.717, 1.165) is 24.4 Å². The Kier molecular flexibility index (Phi) is 4.54. The van der Waals surface area contributed by atoms with Gasteiger partial charge in [0.1, 0.15) is 5.52 Å². The van der Waals surface area contributed by atoms with Gasteiger partial charge in [0.05, 0.1) is 6.33 Å². The van der Waals surface area contributed by atoms with E-state index in [1.165, 1.54) is 12.8 Å². The number of nitrogens with one attached hydrogen (secondary N) is 3. The van der Waals surface area contributed by atoms with Crippen LogP contribution in [0.15, 0.2) is 6.33 Å². The minimum atomic E-state index is 0.620. The summed E-state index contributed by atoms with van der Waals surface area (Å²) in [7, 11) is 0. The molecule has 0 atom stereocenters. The number of H-pyrrole nitrogens is 1. The Bertz CT molecular complexity index is 517. The van der Waals surface area contributed by atoms with Crippen molar-refractivity contribution in [3.8, 4) is 0 Å². The van der Waals surface area contributed by atoms with E-state index in [4.69, 9.17) is 0 Å². The van der Waals surface area contributed by atoms with Crippen LogP contribution in [-0.4, -0.2) is 33.0 Å². The molecule has 0 aliphatic carbocycles. The quantitative estimate of drug-likeness (QED) is 0.715. The number of imidazole rings is 1. The Morgan fingerprint density at radius 3 is 2.63 bits per heavy atom. The Morgan fingerprint density at radius 2 is 1.95 bits per heavy atom. The van der Waals surface area contributed by atoms with E-state index >= 15 is 0 Å². The number of hydrogen-bond acceptors (Lipinski definition) is 5. The molecular formula is C13H22N6. The SMILES string of the molecule is CCNc1nc(NCC(CC)CC)c2[nH]cnc2n1. The van der Waals surface area contributed by atoms with Crippen LogP contribution in [0.4, 0.5) is 11.8 Å². The Hall–Kier alpha value is -1.85. The first-order chi connectivity index (χ1) is 9.28. The van der Waals surface area contributed by atoms with E-state index in [-0.39, 0.29) is 0 Å². The molecule has 0 aliphatic heterocycles. The summed E-state index contributed by atoms with van der Waals surface area (Å²) in [5, 5.41) is 6.54. The van der Waals surface area contributed by atoms with Gasteiger partial charge in [0.2, 0.25) is 5.95 Å². The molecule has 19 heavy (non-hydrogen) atoms. The minimum absolute atomic E-state index is 0.620. The van der Waals surface area contributed by atoms with Crippen LogP contribution in [0.2, 0.25) is 0 Å². The first kappa shape index (κ1) is 13.6. The van der Waals surface area contributed by atoms with Gasteiger partial charge in [-0.3, -0.25) is 0 Å². The van der Waals surface area contributed by atoms with Gasteiger partial charge in [0, 0.05) is 13.1 Å². The molecule has 2 aromatic rings. The van der Waals surface area contributed by atoms with Gasteiger partial charge in [0.15, 0.2) is 11.5 Å². The summed E-state index contributed by atoms with van der Waals surface area (Å²) in [6, 6.07) is 0. The molecule has 6 heteroatoms. The first-order valence-corrected chi connectivity index (χ1v) is 6.97. The van der Waals surface area contributed by atoms with Gasteiger partial charge >= 0.3 is 0 Å². The normalized spacial score (nSPS) is 11.2. The highest BCUT2D eigenvalue weighted by molar-refractivity contribution is 5.83. The van der Waals surface area contributed by atoms with E-state index in [0.29, 0.717) is 17.5 Å². The first-order valence-electron chi connectivity index (χ1n) is 6.97. The van der Waals surface area contributed by atoms with Crippen molar-refractivity contribution in [3.63, 3.8) is 0 Å². The van der Waals surface area contributed by atoms with Gasteiger partial charge in [-0.05, 0) is 12.8 Å². The molecule has 0 fully saturated rings. The summed E-state index contributed by atoms with van der Waals surface area (Å²) in [4.78, 5) is 16.1. The molecule has 0 saturated heterocycles. The largest absolute Gasteiger partial charge is 0.368 e. The molecule has 0 amide bonds. The van der Waals surface area contributed by atoms with Gasteiger partial charge in [-0.2, -0.15) is 9.97 Å². The van der Waals surface area contributed by atoms with E-state index in [2.05, 4.69) is 44.4 Å². The van der Waals surface area contributed by atoms with Crippen molar-refractivity contribution in [2.75, 3.05) is 23.7 Å².